The summed E-state index contributed by atoms with van der Waals surface area (Å²) in [5.74, 6) is 2.70. The first-order valence-corrected chi connectivity index (χ1v) is 6.29. The highest BCUT2D eigenvalue weighted by Gasteiger charge is 2.17. The van der Waals surface area contributed by atoms with Gasteiger partial charge in [-0.2, -0.15) is 0 Å². The first kappa shape index (κ1) is 12.2. The molecule has 1 saturated heterocycles. The van der Waals surface area contributed by atoms with Crippen molar-refractivity contribution >= 4 is 0 Å². The van der Waals surface area contributed by atoms with E-state index >= 15 is 0 Å². The summed E-state index contributed by atoms with van der Waals surface area (Å²) in [5.41, 5.74) is 2.25. The third kappa shape index (κ3) is 3.09. The maximum atomic E-state index is 5.44. The fraction of sp³-hybridized carbons (Fsp3) is 0.467. The zero-order valence-electron chi connectivity index (χ0n) is 10.4. The summed E-state index contributed by atoms with van der Waals surface area (Å²) < 4.78 is 0. The molecule has 2 nitrogen and oxygen atoms in total. The summed E-state index contributed by atoms with van der Waals surface area (Å²) in [5, 5.41) is 3.39. The summed E-state index contributed by atoms with van der Waals surface area (Å²) in [6.45, 7) is 3.53. The lowest BCUT2D eigenvalue weighted by Crippen LogP contribution is -2.31. The topological polar surface area (TPSA) is 15.3 Å². The first-order chi connectivity index (χ1) is 8.33. The summed E-state index contributed by atoms with van der Waals surface area (Å²) in [6.07, 6.45) is 8.11. The average molecular weight is 228 g/mol. The Labute approximate surface area is 104 Å². The molecular formula is C15H20N2. The van der Waals surface area contributed by atoms with Crippen LogP contribution in [0.2, 0.25) is 0 Å². The first-order valence-electron chi connectivity index (χ1n) is 6.29. The molecule has 1 aliphatic heterocycles. The second-order valence-corrected chi connectivity index (χ2v) is 4.62. The number of hydrogen-bond donors (Lipinski definition) is 1. The Morgan fingerprint density at radius 3 is 2.82 bits per heavy atom. The van der Waals surface area contributed by atoms with E-state index in [0.29, 0.717) is 6.04 Å². The van der Waals surface area contributed by atoms with Crippen LogP contribution in [-0.4, -0.2) is 31.6 Å². The standard InChI is InChI=1S/C15H20N2/c1-3-13-7-6-8-14(11-13)15(16-2)12-17-9-4-5-10-17/h1,6-8,11,15-16H,4-5,9-10,12H2,2H3/t15-/m1/s1. The molecule has 1 heterocycles. The van der Waals surface area contributed by atoms with Crippen molar-refractivity contribution in [3.63, 3.8) is 0 Å². The lowest BCUT2D eigenvalue weighted by atomic mass is 10.0. The quantitative estimate of drug-likeness (QED) is 0.793. The SMILES string of the molecule is C#Cc1cccc([C@@H](CN2CCCC2)NC)c1. The molecule has 1 aromatic carbocycles. The predicted molar refractivity (Wildman–Crippen MR) is 71.9 cm³/mol. The number of nitrogens with one attached hydrogen (secondary N) is 1. The van der Waals surface area contributed by atoms with E-state index in [1.54, 1.807) is 0 Å². The van der Waals surface area contributed by atoms with Crippen LogP contribution in [0.15, 0.2) is 24.3 Å². The molecule has 0 spiro atoms. The van der Waals surface area contributed by atoms with E-state index in [0.717, 1.165) is 12.1 Å². The fourth-order valence-electron chi connectivity index (χ4n) is 2.43. The number of hydrogen-bond acceptors (Lipinski definition) is 2. The van der Waals surface area contributed by atoms with Crippen LogP contribution in [0.1, 0.15) is 30.0 Å². The predicted octanol–water partition coefficient (Wildman–Crippen LogP) is 2.02. The van der Waals surface area contributed by atoms with E-state index in [2.05, 4.69) is 28.3 Å². The molecule has 17 heavy (non-hydrogen) atoms. The number of rotatable bonds is 4. The van der Waals surface area contributed by atoms with Gasteiger partial charge in [-0.3, -0.25) is 0 Å². The van der Waals surface area contributed by atoms with Crippen molar-refractivity contribution in [3.05, 3.63) is 35.4 Å². The molecule has 0 aromatic heterocycles. The Hall–Kier alpha value is -1.30. The monoisotopic (exact) mass is 228 g/mol. The molecule has 0 saturated carbocycles. The fourth-order valence-corrected chi connectivity index (χ4v) is 2.43. The molecule has 1 fully saturated rings. The number of nitrogens with zero attached hydrogens (tertiary/aromatic N) is 1. The van der Waals surface area contributed by atoms with Gasteiger partial charge in [0.05, 0.1) is 0 Å². The summed E-state index contributed by atoms with van der Waals surface area (Å²) in [7, 11) is 2.02. The zero-order chi connectivity index (χ0) is 12.1. The van der Waals surface area contributed by atoms with Crippen LogP contribution < -0.4 is 5.32 Å². The highest BCUT2D eigenvalue weighted by atomic mass is 15.2. The van der Waals surface area contributed by atoms with Crippen LogP contribution in [0.25, 0.3) is 0 Å². The summed E-state index contributed by atoms with van der Waals surface area (Å²) in [4.78, 5) is 2.52. The van der Waals surface area contributed by atoms with Gasteiger partial charge in [0.25, 0.3) is 0 Å². The van der Waals surface area contributed by atoms with E-state index in [9.17, 15) is 0 Å². The minimum Gasteiger partial charge on any atom is -0.312 e. The number of benzene rings is 1. The molecule has 2 rings (SSSR count). The number of likely N-dealkylation sites (tertiary alicyclic amines) is 1. The smallest absolute Gasteiger partial charge is 0.0447 e. The van der Waals surface area contributed by atoms with Gasteiger partial charge in [-0.05, 0) is 50.7 Å². The Morgan fingerprint density at radius 2 is 2.18 bits per heavy atom. The van der Waals surface area contributed by atoms with Gasteiger partial charge >= 0.3 is 0 Å². The van der Waals surface area contributed by atoms with Crippen LogP contribution in [0.5, 0.6) is 0 Å². The van der Waals surface area contributed by atoms with Crippen LogP contribution >= 0.6 is 0 Å². The summed E-state index contributed by atoms with van der Waals surface area (Å²) in [6, 6.07) is 8.65. The van der Waals surface area contributed by atoms with Crippen molar-refractivity contribution in [1.29, 1.82) is 0 Å². The van der Waals surface area contributed by atoms with Gasteiger partial charge in [-0.25, -0.2) is 0 Å². The van der Waals surface area contributed by atoms with Crippen LogP contribution in [0, 0.1) is 12.3 Å². The Morgan fingerprint density at radius 1 is 1.41 bits per heavy atom. The minimum absolute atomic E-state index is 0.376. The van der Waals surface area contributed by atoms with Crippen molar-refractivity contribution in [3.8, 4) is 12.3 Å². The van der Waals surface area contributed by atoms with E-state index in [-0.39, 0.29) is 0 Å². The molecule has 1 N–H and O–H groups in total. The van der Waals surface area contributed by atoms with Gasteiger partial charge < -0.3 is 10.2 Å². The highest BCUT2D eigenvalue weighted by Crippen LogP contribution is 2.18. The molecule has 0 aliphatic carbocycles. The van der Waals surface area contributed by atoms with Crippen molar-refractivity contribution in [2.45, 2.75) is 18.9 Å². The van der Waals surface area contributed by atoms with Crippen molar-refractivity contribution in [1.82, 2.24) is 10.2 Å². The third-order valence-corrected chi connectivity index (χ3v) is 3.44. The molecule has 0 radical (unpaired) electrons. The van der Waals surface area contributed by atoms with Crippen LogP contribution in [-0.2, 0) is 0 Å². The maximum absolute atomic E-state index is 5.44. The van der Waals surface area contributed by atoms with Crippen molar-refractivity contribution in [2.24, 2.45) is 0 Å². The Kier molecular flexibility index (Phi) is 4.19. The number of terminal acetylenes is 1. The summed E-state index contributed by atoms with van der Waals surface area (Å²) >= 11 is 0. The van der Waals surface area contributed by atoms with E-state index in [1.165, 1.54) is 31.5 Å². The normalized spacial score (nSPS) is 17.9. The molecule has 1 aliphatic rings. The molecule has 90 valence electrons. The van der Waals surface area contributed by atoms with E-state index in [1.807, 2.05) is 19.2 Å². The lowest BCUT2D eigenvalue weighted by molar-refractivity contribution is 0.299. The molecule has 0 unspecified atom stereocenters. The zero-order valence-corrected chi connectivity index (χ0v) is 10.4. The molecular weight excluding hydrogens is 208 g/mol. The average Bonchev–Trinajstić information content (AvgIpc) is 2.89. The van der Waals surface area contributed by atoms with Gasteiger partial charge in [-0.1, -0.05) is 18.1 Å². The van der Waals surface area contributed by atoms with Crippen molar-refractivity contribution < 1.29 is 0 Å². The Balaban J connectivity index is 2.08. The largest absolute Gasteiger partial charge is 0.312 e. The molecule has 2 heteroatoms. The van der Waals surface area contributed by atoms with Crippen LogP contribution in [0.3, 0.4) is 0 Å². The van der Waals surface area contributed by atoms with Gasteiger partial charge in [0.2, 0.25) is 0 Å². The molecule has 1 aromatic rings. The molecule has 0 bridgehead atoms. The molecule has 0 amide bonds. The maximum Gasteiger partial charge on any atom is 0.0447 e. The van der Waals surface area contributed by atoms with Gasteiger partial charge in [0, 0.05) is 18.2 Å². The van der Waals surface area contributed by atoms with Gasteiger partial charge in [0.1, 0.15) is 0 Å². The third-order valence-electron chi connectivity index (χ3n) is 3.44. The Bertz CT molecular complexity index is 400. The second-order valence-electron chi connectivity index (χ2n) is 4.62. The number of likely N-dealkylation sites (N-methyl/N-ethyl adjacent to an activating group) is 1. The van der Waals surface area contributed by atoms with E-state index in [4.69, 9.17) is 6.42 Å². The van der Waals surface area contributed by atoms with Crippen LogP contribution in [0.4, 0.5) is 0 Å². The second kappa shape index (κ2) is 5.86. The van der Waals surface area contributed by atoms with Gasteiger partial charge in [0.15, 0.2) is 0 Å². The van der Waals surface area contributed by atoms with E-state index < -0.39 is 0 Å². The highest BCUT2D eigenvalue weighted by molar-refractivity contribution is 5.36. The van der Waals surface area contributed by atoms with Crippen molar-refractivity contribution in [2.75, 3.05) is 26.7 Å². The van der Waals surface area contributed by atoms with Gasteiger partial charge in [-0.15, -0.1) is 6.42 Å². The molecule has 1 atom stereocenters. The minimum atomic E-state index is 0.376. The lowest BCUT2D eigenvalue weighted by Gasteiger charge is -2.23.